The molecule has 7 rings (SSSR count). The summed E-state index contributed by atoms with van der Waals surface area (Å²) >= 11 is 0. The van der Waals surface area contributed by atoms with Crippen LogP contribution < -0.4 is 10.9 Å². The molecule has 2 unspecified atom stereocenters. The summed E-state index contributed by atoms with van der Waals surface area (Å²) in [5.74, 6) is 0.954. The molecule has 1 aromatic carbocycles. The SMILES string of the molecule is C=CCn1c(=O)c2cnc(Nc3cc4c5c(c3)CN(C)CC5(C)CC4)nc2n1-c1ccc2c(n1)C(O)(CC)CC2. The molecule has 40 heavy (non-hydrogen) atoms. The van der Waals surface area contributed by atoms with Gasteiger partial charge in [-0.3, -0.25) is 4.79 Å². The summed E-state index contributed by atoms with van der Waals surface area (Å²) < 4.78 is 3.30. The molecular weight excluding hydrogens is 502 g/mol. The van der Waals surface area contributed by atoms with E-state index in [0.717, 1.165) is 43.6 Å². The molecule has 0 saturated carbocycles. The number of aliphatic hydroxyl groups is 1. The van der Waals surface area contributed by atoms with E-state index in [2.05, 4.69) is 47.9 Å². The van der Waals surface area contributed by atoms with Gasteiger partial charge in [-0.05, 0) is 79.6 Å². The second-order valence-corrected chi connectivity index (χ2v) is 12.0. The molecule has 2 atom stereocenters. The first-order valence-electron chi connectivity index (χ1n) is 14.2. The van der Waals surface area contributed by atoms with Crippen molar-refractivity contribution in [2.24, 2.45) is 0 Å². The molecule has 3 aliphatic rings. The number of benzene rings is 1. The average Bonchev–Trinajstić information content (AvgIpc) is 3.54. The highest BCUT2D eigenvalue weighted by Gasteiger charge is 2.40. The standard InChI is InChI=1S/C31H35N7O2/c1-5-13-37-28(39)23-16-32-29(33-22-14-20-9-11-30(3)18-36(4)17-21(15-22)25(20)30)35-27(23)38(37)24-8-7-19-10-12-31(40,6-2)26(19)34-24/h5,7-8,14-16,40H,1,6,9-13,17-18H2,2-4H3,(H,32,33,35). The maximum atomic E-state index is 13.4. The average molecular weight is 538 g/mol. The molecule has 0 radical (unpaired) electrons. The monoisotopic (exact) mass is 537 g/mol. The third-order valence-corrected chi connectivity index (χ3v) is 9.16. The van der Waals surface area contributed by atoms with Crippen molar-refractivity contribution in [3.63, 3.8) is 0 Å². The fourth-order valence-corrected chi connectivity index (χ4v) is 7.32. The lowest BCUT2D eigenvalue weighted by Gasteiger charge is -2.38. The lowest BCUT2D eigenvalue weighted by atomic mass is 9.78. The molecule has 0 amide bonds. The third-order valence-electron chi connectivity index (χ3n) is 9.16. The fourth-order valence-electron chi connectivity index (χ4n) is 7.32. The number of rotatable bonds is 6. The van der Waals surface area contributed by atoms with Gasteiger partial charge >= 0.3 is 0 Å². The molecule has 4 heterocycles. The van der Waals surface area contributed by atoms with E-state index in [4.69, 9.17) is 9.97 Å². The number of nitrogens with zero attached hydrogens (tertiary/aromatic N) is 6. The minimum absolute atomic E-state index is 0.209. The number of hydrogen-bond acceptors (Lipinski definition) is 7. The minimum Gasteiger partial charge on any atom is -0.384 e. The van der Waals surface area contributed by atoms with Crippen LogP contribution in [0.3, 0.4) is 0 Å². The first-order chi connectivity index (χ1) is 19.2. The summed E-state index contributed by atoms with van der Waals surface area (Å²) in [4.78, 5) is 30.1. The highest BCUT2D eigenvalue weighted by molar-refractivity contribution is 5.77. The van der Waals surface area contributed by atoms with Crippen molar-refractivity contribution < 1.29 is 5.11 Å². The molecule has 1 aliphatic heterocycles. The summed E-state index contributed by atoms with van der Waals surface area (Å²) in [6.45, 7) is 10.5. The van der Waals surface area contributed by atoms with Gasteiger partial charge in [0.2, 0.25) is 5.95 Å². The van der Waals surface area contributed by atoms with E-state index in [-0.39, 0.29) is 17.5 Å². The zero-order chi connectivity index (χ0) is 27.8. The number of aryl methyl sites for hydroxylation is 2. The van der Waals surface area contributed by atoms with Crippen molar-refractivity contribution in [2.45, 2.75) is 70.1 Å². The minimum atomic E-state index is -0.961. The molecule has 0 fully saturated rings. The van der Waals surface area contributed by atoms with Gasteiger partial charge in [-0.1, -0.05) is 26.0 Å². The first kappa shape index (κ1) is 25.2. The van der Waals surface area contributed by atoms with E-state index in [1.54, 1.807) is 21.6 Å². The predicted molar refractivity (Wildman–Crippen MR) is 155 cm³/mol. The molecule has 2 N–H and O–H groups in total. The van der Waals surface area contributed by atoms with Gasteiger partial charge in [-0.25, -0.2) is 19.3 Å². The van der Waals surface area contributed by atoms with Crippen molar-refractivity contribution in [2.75, 3.05) is 18.9 Å². The number of hydrogen-bond donors (Lipinski definition) is 2. The van der Waals surface area contributed by atoms with Crippen molar-refractivity contribution in [3.8, 4) is 5.82 Å². The Bertz CT molecular complexity index is 1750. The van der Waals surface area contributed by atoms with Gasteiger partial charge in [-0.15, -0.1) is 6.58 Å². The summed E-state index contributed by atoms with van der Waals surface area (Å²) in [5, 5.41) is 15.0. The number of pyridine rings is 1. The van der Waals surface area contributed by atoms with Gasteiger partial charge in [-0.2, -0.15) is 4.98 Å². The quantitative estimate of drug-likeness (QED) is 0.357. The van der Waals surface area contributed by atoms with E-state index < -0.39 is 5.60 Å². The highest BCUT2D eigenvalue weighted by Crippen LogP contribution is 2.46. The van der Waals surface area contributed by atoms with Gasteiger partial charge in [0.1, 0.15) is 11.0 Å². The maximum absolute atomic E-state index is 13.4. The van der Waals surface area contributed by atoms with Crippen LogP contribution in [0, 0.1) is 0 Å². The smallest absolute Gasteiger partial charge is 0.278 e. The number of aromatic nitrogens is 5. The first-order valence-corrected chi connectivity index (χ1v) is 14.2. The van der Waals surface area contributed by atoms with Gasteiger partial charge in [0.15, 0.2) is 11.5 Å². The van der Waals surface area contributed by atoms with Gasteiger partial charge < -0.3 is 15.3 Å². The second kappa shape index (κ2) is 8.84. The fraction of sp³-hybridized carbons (Fsp3) is 0.419. The van der Waals surface area contributed by atoms with Crippen LogP contribution in [0.5, 0.6) is 0 Å². The largest absolute Gasteiger partial charge is 0.384 e. The Morgan fingerprint density at radius 3 is 2.75 bits per heavy atom. The molecule has 0 spiro atoms. The van der Waals surface area contributed by atoms with Crippen LogP contribution in [-0.4, -0.2) is 47.9 Å². The summed E-state index contributed by atoms with van der Waals surface area (Å²) in [7, 11) is 2.19. The van der Waals surface area contributed by atoms with Gasteiger partial charge in [0, 0.05) is 30.4 Å². The maximum Gasteiger partial charge on any atom is 0.278 e. The van der Waals surface area contributed by atoms with Crippen LogP contribution in [0.4, 0.5) is 11.6 Å². The summed E-state index contributed by atoms with van der Waals surface area (Å²) in [5.41, 5.74) is 6.45. The summed E-state index contributed by atoms with van der Waals surface area (Å²) in [6, 6.07) is 8.34. The lowest BCUT2D eigenvalue weighted by molar-refractivity contribution is 0.0306. The Balaban J connectivity index is 1.33. The molecule has 3 aromatic heterocycles. The van der Waals surface area contributed by atoms with Gasteiger partial charge in [0.25, 0.3) is 5.56 Å². The van der Waals surface area contributed by atoms with Crippen molar-refractivity contribution >= 4 is 22.7 Å². The van der Waals surface area contributed by atoms with E-state index in [1.165, 1.54) is 16.7 Å². The van der Waals surface area contributed by atoms with Crippen LogP contribution in [0.1, 0.15) is 61.1 Å². The summed E-state index contributed by atoms with van der Waals surface area (Å²) in [6.07, 6.45) is 7.51. The molecule has 2 aliphatic carbocycles. The number of anilines is 2. The predicted octanol–water partition coefficient (Wildman–Crippen LogP) is 4.10. The Morgan fingerprint density at radius 1 is 1.15 bits per heavy atom. The topological polar surface area (TPSA) is 101 Å². The van der Waals surface area contributed by atoms with E-state index in [1.807, 2.05) is 19.1 Å². The molecule has 0 bridgehead atoms. The highest BCUT2D eigenvalue weighted by atomic mass is 16.3. The van der Waals surface area contributed by atoms with E-state index in [0.29, 0.717) is 41.3 Å². The van der Waals surface area contributed by atoms with Crippen LogP contribution in [0.2, 0.25) is 0 Å². The number of likely N-dealkylation sites (N-methyl/N-ethyl adjacent to an activating group) is 1. The van der Waals surface area contributed by atoms with Crippen molar-refractivity contribution in [1.82, 2.24) is 29.2 Å². The Kier molecular flexibility index (Phi) is 5.56. The molecule has 0 saturated heterocycles. The van der Waals surface area contributed by atoms with Crippen molar-refractivity contribution in [1.29, 1.82) is 0 Å². The Hall–Kier alpha value is -3.82. The molecule has 9 nitrogen and oxygen atoms in total. The zero-order valence-corrected chi connectivity index (χ0v) is 23.4. The third kappa shape index (κ3) is 3.68. The Morgan fingerprint density at radius 2 is 1.95 bits per heavy atom. The number of allylic oxidation sites excluding steroid dienone is 1. The number of nitrogens with one attached hydrogen (secondary N) is 1. The molecular formula is C31H35N7O2. The van der Waals surface area contributed by atoms with Crippen LogP contribution in [-0.2, 0) is 36.9 Å². The van der Waals surface area contributed by atoms with Crippen molar-refractivity contribution in [3.05, 3.63) is 81.4 Å². The second-order valence-electron chi connectivity index (χ2n) is 12.0. The number of fused-ring (bicyclic) bond motifs is 2. The normalized spacial score (nSPS) is 23.4. The van der Waals surface area contributed by atoms with Crippen LogP contribution in [0.25, 0.3) is 16.9 Å². The van der Waals surface area contributed by atoms with Crippen LogP contribution in [0.15, 0.2) is 47.9 Å². The molecule has 9 heteroatoms. The Labute approximate surface area is 233 Å². The zero-order valence-electron chi connectivity index (χ0n) is 23.4. The molecule has 4 aromatic rings. The van der Waals surface area contributed by atoms with E-state index in [9.17, 15) is 9.90 Å². The van der Waals surface area contributed by atoms with Gasteiger partial charge in [0.05, 0.1) is 12.2 Å². The lowest BCUT2D eigenvalue weighted by Crippen LogP contribution is -2.40. The van der Waals surface area contributed by atoms with Crippen LogP contribution >= 0.6 is 0 Å². The molecule has 206 valence electrons. The van der Waals surface area contributed by atoms with E-state index >= 15 is 0 Å².